The minimum atomic E-state index is -2.32. The molecule has 6 aliphatic rings. The molecule has 0 radical (unpaired) electrons. The number of methoxy groups -OCH3 is 2. The van der Waals surface area contributed by atoms with Crippen molar-refractivity contribution < 1.29 is 82.1 Å². The molecule has 3 aromatic carbocycles. The highest BCUT2D eigenvalue weighted by Gasteiger charge is 2.55. The van der Waals surface area contributed by atoms with E-state index in [0.29, 0.717) is 24.4 Å². The largest absolute Gasteiger partial charge is 0.507 e. The van der Waals surface area contributed by atoms with E-state index in [4.69, 9.17) is 28.4 Å². The first-order valence-corrected chi connectivity index (χ1v) is 25.0. The van der Waals surface area contributed by atoms with Gasteiger partial charge in [0.1, 0.15) is 47.6 Å². The molecule has 3 saturated heterocycles. The summed E-state index contributed by atoms with van der Waals surface area (Å²) in [5.41, 5.74) is -2.75. The number of hydrogen-bond acceptors (Lipinski definition) is 18. The molecule has 3 aromatic rings. The summed E-state index contributed by atoms with van der Waals surface area (Å²) in [5, 5.41) is 47.3. The van der Waals surface area contributed by atoms with Crippen molar-refractivity contribution in [1.82, 2.24) is 25.8 Å². The number of carbonyl (C=O) groups is 8. The van der Waals surface area contributed by atoms with E-state index in [9.17, 15) is 53.7 Å². The third-order valence-corrected chi connectivity index (χ3v) is 14.7. The highest BCUT2D eigenvalue weighted by molar-refractivity contribution is 6.31. The number of ketones is 2. The number of rotatable bonds is 16. The number of carbonyl (C=O) groups excluding carboxylic acids is 8. The van der Waals surface area contributed by atoms with Gasteiger partial charge in [0.25, 0.3) is 17.7 Å². The molecule has 23 heteroatoms. The van der Waals surface area contributed by atoms with Crippen LogP contribution in [0.25, 0.3) is 0 Å². The smallest absolute Gasteiger partial charge is 0.254 e. The number of aliphatic hydroxyl groups is 1. The molecular formula is C53H60N6O17. The topological polar surface area (TPSA) is 307 Å². The van der Waals surface area contributed by atoms with Gasteiger partial charge in [-0.25, -0.2) is 0 Å². The molecule has 404 valence electrons. The van der Waals surface area contributed by atoms with E-state index in [-0.39, 0.29) is 53.4 Å². The van der Waals surface area contributed by atoms with Gasteiger partial charge in [0.15, 0.2) is 24.6 Å². The molecule has 0 spiro atoms. The zero-order valence-corrected chi connectivity index (χ0v) is 42.6. The number of imide groups is 1. The maximum absolute atomic E-state index is 14.3. The summed E-state index contributed by atoms with van der Waals surface area (Å²) < 4.78 is 36.1. The lowest BCUT2D eigenvalue weighted by molar-refractivity contribution is -0.256. The maximum Gasteiger partial charge on any atom is 0.254 e. The summed E-state index contributed by atoms with van der Waals surface area (Å²) >= 11 is 0. The summed E-state index contributed by atoms with van der Waals surface area (Å²) in [5.74, 6) is -7.48. The van der Waals surface area contributed by atoms with Gasteiger partial charge in [-0.1, -0.05) is 38.1 Å². The second kappa shape index (κ2) is 21.5. The molecule has 0 bridgehead atoms. The molecule has 2 aliphatic carbocycles. The number of nitrogens with one attached hydrogen (secondary N) is 4. The van der Waals surface area contributed by atoms with Gasteiger partial charge in [-0.15, -0.1) is 0 Å². The molecular weight excluding hydrogens is 993 g/mol. The number of anilines is 1. The van der Waals surface area contributed by atoms with Gasteiger partial charge >= 0.3 is 0 Å². The first-order valence-electron chi connectivity index (χ1n) is 25.0. The Kier molecular flexibility index (Phi) is 15.2. The number of benzene rings is 3. The standard InChI is InChI=1S/C53H60N6O17/c1-24(2)42(57-34(60)23-59-35(61)13-14-36(59)62)49(68)55-25(3)48(67)56-28-10-7-9-27(19-28)15-16-54-52(69)53(70)21-30-39(46(66)41-40(44(30)64)43(63)29-11-8-12-32(71-5)38(29)45(41)65)33(22-53)75-37-20-31-47(26(4)74-37)76-50-51(72-6)73-18-17-58(31)50/h7-14,19,24-26,31,33,37,42,47,50-51,64,66,70H,15-18,20-23H2,1-6H3,(H,54,69)(H,55,68)(H,56,67)(H,57,60)/t25-,26-,31-,33-,37-,42-,47+,50+,51-,53-/m0/s1. The summed E-state index contributed by atoms with van der Waals surface area (Å²) in [7, 11) is 2.85. The number of phenols is 2. The van der Waals surface area contributed by atoms with Crippen LogP contribution < -0.4 is 26.0 Å². The van der Waals surface area contributed by atoms with Crippen LogP contribution in [0.2, 0.25) is 0 Å². The minimum absolute atomic E-state index is 0.0369. The van der Waals surface area contributed by atoms with Gasteiger partial charge < -0.3 is 65.0 Å². The average Bonchev–Trinajstić information content (AvgIpc) is 4.04. The number of ether oxygens (including phenoxy) is 6. The van der Waals surface area contributed by atoms with Crippen LogP contribution in [-0.2, 0) is 65.3 Å². The van der Waals surface area contributed by atoms with Crippen LogP contribution in [0.15, 0.2) is 54.6 Å². The van der Waals surface area contributed by atoms with Gasteiger partial charge in [-0.3, -0.25) is 48.2 Å². The zero-order valence-electron chi connectivity index (χ0n) is 42.6. The predicted molar refractivity (Wildman–Crippen MR) is 264 cm³/mol. The lowest BCUT2D eigenvalue weighted by atomic mass is 9.72. The fraction of sp³-hybridized carbons (Fsp3) is 0.472. The van der Waals surface area contributed by atoms with E-state index in [1.165, 1.54) is 39.3 Å². The predicted octanol–water partition coefficient (Wildman–Crippen LogP) is 1.02. The molecule has 4 heterocycles. The minimum Gasteiger partial charge on any atom is -0.507 e. The molecule has 0 unspecified atom stereocenters. The number of phenolic OH excluding ortho intramolecular Hbond substituents is 2. The molecule has 10 atom stereocenters. The highest BCUT2D eigenvalue weighted by Crippen LogP contribution is 2.53. The van der Waals surface area contributed by atoms with Crippen LogP contribution in [0.3, 0.4) is 0 Å². The number of amides is 6. The van der Waals surface area contributed by atoms with Gasteiger partial charge in [0, 0.05) is 80.0 Å². The summed E-state index contributed by atoms with van der Waals surface area (Å²) in [6.07, 6.45) is -3.10. The fourth-order valence-corrected chi connectivity index (χ4v) is 10.9. The van der Waals surface area contributed by atoms with E-state index in [1.807, 2.05) is 6.92 Å². The van der Waals surface area contributed by atoms with Crippen LogP contribution >= 0.6 is 0 Å². The number of hydrogen-bond donors (Lipinski definition) is 7. The SMILES string of the molecule is COc1cccc2c1C(=O)c1c(O)c3c(c(O)c1C2=O)C[C@@](O)(C(=O)NCCc1cccc(NC(=O)[C@H](C)NC(=O)[C@@H](NC(=O)CN2C(=O)C=CC2=O)C(C)C)c1)C[C@@H]3O[C@H]1C[C@H]2[C@H](O[C@@H]3[C@@H](OC)OCCN32)[C@H](C)O1. The van der Waals surface area contributed by atoms with E-state index in [0.717, 1.165) is 17.1 Å². The van der Waals surface area contributed by atoms with Crippen molar-refractivity contribution in [1.29, 1.82) is 0 Å². The Balaban J connectivity index is 0.894. The second-order valence-corrected chi connectivity index (χ2v) is 20.0. The van der Waals surface area contributed by atoms with Crippen molar-refractivity contribution in [3.8, 4) is 17.2 Å². The second-order valence-electron chi connectivity index (χ2n) is 20.0. The Labute approximate surface area is 436 Å². The number of aromatic hydroxyl groups is 2. The molecule has 0 saturated carbocycles. The first kappa shape index (κ1) is 53.7. The van der Waals surface area contributed by atoms with Gasteiger partial charge in [-0.05, 0) is 49.9 Å². The summed E-state index contributed by atoms with van der Waals surface area (Å²) in [6, 6.07) is 8.65. The Hall–Kier alpha value is -7.12. The van der Waals surface area contributed by atoms with E-state index >= 15 is 0 Å². The molecule has 6 amide bonds. The molecule has 9 rings (SSSR count). The monoisotopic (exact) mass is 1050 g/mol. The van der Waals surface area contributed by atoms with Crippen LogP contribution in [0.1, 0.15) is 95.2 Å². The van der Waals surface area contributed by atoms with Gasteiger partial charge in [0.05, 0.1) is 42.6 Å². The Morgan fingerprint density at radius 2 is 1.62 bits per heavy atom. The summed E-state index contributed by atoms with van der Waals surface area (Å²) in [4.78, 5) is 109. The fourth-order valence-electron chi connectivity index (χ4n) is 10.9. The quantitative estimate of drug-likeness (QED) is 0.0609. The number of morpholine rings is 1. The first-order chi connectivity index (χ1) is 36.2. The molecule has 23 nitrogen and oxygen atoms in total. The number of nitrogens with zero attached hydrogens (tertiary/aromatic N) is 2. The molecule has 0 aromatic heterocycles. The third kappa shape index (κ3) is 10.1. The van der Waals surface area contributed by atoms with Gasteiger partial charge in [-0.2, -0.15) is 0 Å². The van der Waals surface area contributed by atoms with E-state index in [1.54, 1.807) is 38.1 Å². The number of fused-ring (bicyclic) bond motifs is 6. The lowest BCUT2D eigenvalue weighted by Crippen LogP contribution is -2.55. The van der Waals surface area contributed by atoms with Crippen LogP contribution in [0.5, 0.6) is 17.2 Å². The Morgan fingerprint density at radius 3 is 2.33 bits per heavy atom. The maximum atomic E-state index is 14.3. The van der Waals surface area contributed by atoms with Crippen LogP contribution in [-0.4, -0.2) is 167 Å². The molecule has 7 N–H and O–H groups in total. The summed E-state index contributed by atoms with van der Waals surface area (Å²) in [6.45, 7) is 6.90. The molecule has 4 aliphatic heterocycles. The normalized spacial score (nSPS) is 26.4. The van der Waals surface area contributed by atoms with Crippen molar-refractivity contribution in [3.63, 3.8) is 0 Å². The van der Waals surface area contributed by atoms with Crippen molar-refractivity contribution in [2.45, 2.75) is 114 Å². The molecule has 3 fully saturated rings. The van der Waals surface area contributed by atoms with Crippen molar-refractivity contribution in [2.75, 3.05) is 45.8 Å². The average molecular weight is 1050 g/mol. The Morgan fingerprint density at radius 1 is 0.895 bits per heavy atom. The van der Waals surface area contributed by atoms with Crippen LogP contribution in [0.4, 0.5) is 5.69 Å². The van der Waals surface area contributed by atoms with Gasteiger partial charge in [0.2, 0.25) is 23.5 Å². The molecule has 76 heavy (non-hydrogen) atoms. The Bertz CT molecular complexity index is 2910. The van der Waals surface area contributed by atoms with Crippen molar-refractivity contribution in [2.24, 2.45) is 5.92 Å². The van der Waals surface area contributed by atoms with E-state index < -0.39 is 150 Å². The van der Waals surface area contributed by atoms with Crippen molar-refractivity contribution >= 4 is 52.7 Å². The van der Waals surface area contributed by atoms with Crippen molar-refractivity contribution in [3.05, 3.63) is 93.6 Å². The zero-order chi connectivity index (χ0) is 54.5. The van der Waals surface area contributed by atoms with Crippen LogP contribution in [0, 0.1) is 5.92 Å². The van der Waals surface area contributed by atoms with E-state index in [2.05, 4.69) is 26.2 Å². The third-order valence-electron chi connectivity index (χ3n) is 14.7. The lowest BCUT2D eigenvalue weighted by Gasteiger charge is -2.43. The highest BCUT2D eigenvalue weighted by atomic mass is 16.7.